The second kappa shape index (κ2) is 7.07. The van der Waals surface area contributed by atoms with Crippen LogP contribution in [0.3, 0.4) is 0 Å². The largest absolute Gasteiger partial charge is 0.378 e. The van der Waals surface area contributed by atoms with Crippen molar-refractivity contribution in [3.05, 3.63) is 30.1 Å². The molecule has 132 valence electrons. The number of benzene rings is 1. The standard InChI is InChI=1S/C18H25FN2O3/c1-14(2)24-18(7-12-23-13-18)17(22)21-10-8-20(9-11-21)16-6-4-3-5-15(16)19/h3-6,14H,7-13H2,1-2H3. The van der Waals surface area contributed by atoms with Crippen molar-refractivity contribution in [2.24, 2.45) is 0 Å². The molecule has 6 heteroatoms. The van der Waals surface area contributed by atoms with E-state index in [4.69, 9.17) is 9.47 Å². The Hall–Kier alpha value is -1.66. The van der Waals surface area contributed by atoms with E-state index >= 15 is 0 Å². The molecule has 2 aliphatic rings. The van der Waals surface area contributed by atoms with Gasteiger partial charge in [-0.05, 0) is 26.0 Å². The Labute approximate surface area is 142 Å². The molecular formula is C18H25FN2O3. The fourth-order valence-electron chi connectivity index (χ4n) is 3.46. The molecule has 0 bridgehead atoms. The number of anilines is 1. The van der Waals surface area contributed by atoms with Crippen LogP contribution in [0, 0.1) is 5.82 Å². The maximum Gasteiger partial charge on any atom is 0.257 e. The number of carbonyl (C=O) groups is 1. The predicted molar refractivity (Wildman–Crippen MR) is 89.6 cm³/mol. The second-order valence-electron chi connectivity index (χ2n) is 6.69. The lowest BCUT2D eigenvalue weighted by molar-refractivity contribution is -0.164. The zero-order valence-electron chi connectivity index (χ0n) is 14.3. The summed E-state index contributed by atoms with van der Waals surface area (Å²) in [4.78, 5) is 16.8. The Balaban J connectivity index is 1.65. The minimum atomic E-state index is -0.853. The lowest BCUT2D eigenvalue weighted by Crippen LogP contribution is -2.57. The van der Waals surface area contributed by atoms with Gasteiger partial charge in [0.05, 0.1) is 25.0 Å². The van der Waals surface area contributed by atoms with Gasteiger partial charge in [-0.25, -0.2) is 4.39 Å². The normalized spacial score (nSPS) is 24.7. The van der Waals surface area contributed by atoms with Gasteiger partial charge in [-0.3, -0.25) is 4.79 Å². The average molecular weight is 336 g/mol. The van der Waals surface area contributed by atoms with Gasteiger partial charge in [-0.2, -0.15) is 0 Å². The molecule has 1 unspecified atom stereocenters. The van der Waals surface area contributed by atoms with Crippen molar-refractivity contribution in [1.82, 2.24) is 4.90 Å². The molecule has 2 heterocycles. The van der Waals surface area contributed by atoms with E-state index in [-0.39, 0.29) is 17.8 Å². The lowest BCUT2D eigenvalue weighted by atomic mass is 10.00. The predicted octanol–water partition coefficient (Wildman–Crippen LogP) is 2.06. The highest BCUT2D eigenvalue weighted by atomic mass is 19.1. The number of para-hydroxylation sites is 1. The van der Waals surface area contributed by atoms with Gasteiger partial charge in [0.15, 0.2) is 5.60 Å². The Kier molecular flexibility index (Phi) is 5.06. The van der Waals surface area contributed by atoms with Crippen molar-refractivity contribution in [2.75, 3.05) is 44.3 Å². The molecule has 1 amide bonds. The lowest BCUT2D eigenvalue weighted by Gasteiger charge is -2.40. The molecule has 5 nitrogen and oxygen atoms in total. The van der Waals surface area contributed by atoms with Gasteiger partial charge in [0.25, 0.3) is 5.91 Å². The van der Waals surface area contributed by atoms with Gasteiger partial charge in [0, 0.05) is 32.6 Å². The third kappa shape index (κ3) is 3.39. The maximum atomic E-state index is 13.9. The Morgan fingerprint density at radius 2 is 1.96 bits per heavy atom. The highest BCUT2D eigenvalue weighted by Crippen LogP contribution is 2.29. The van der Waals surface area contributed by atoms with E-state index in [0.29, 0.717) is 51.5 Å². The maximum absolute atomic E-state index is 13.9. The molecule has 2 saturated heterocycles. The van der Waals surface area contributed by atoms with Crippen molar-refractivity contribution in [1.29, 1.82) is 0 Å². The first kappa shape index (κ1) is 17.2. The van der Waals surface area contributed by atoms with E-state index in [9.17, 15) is 9.18 Å². The van der Waals surface area contributed by atoms with Crippen LogP contribution in [0.4, 0.5) is 10.1 Å². The van der Waals surface area contributed by atoms with Crippen LogP contribution >= 0.6 is 0 Å². The van der Waals surface area contributed by atoms with E-state index in [0.717, 1.165) is 0 Å². The number of halogens is 1. The van der Waals surface area contributed by atoms with Gasteiger partial charge in [0.2, 0.25) is 0 Å². The molecule has 2 fully saturated rings. The van der Waals surface area contributed by atoms with Crippen LogP contribution in [0.5, 0.6) is 0 Å². The summed E-state index contributed by atoms with van der Waals surface area (Å²) in [5.74, 6) is -0.219. The molecule has 1 atom stereocenters. The number of rotatable bonds is 4. The number of piperazine rings is 1. The highest BCUT2D eigenvalue weighted by molar-refractivity contribution is 5.86. The molecule has 1 aromatic carbocycles. The number of hydrogen-bond acceptors (Lipinski definition) is 4. The quantitative estimate of drug-likeness (QED) is 0.844. The molecule has 0 saturated carbocycles. The third-order valence-electron chi connectivity index (χ3n) is 4.60. The molecule has 3 rings (SSSR count). The minimum absolute atomic E-state index is 0.00174. The van der Waals surface area contributed by atoms with E-state index in [1.165, 1.54) is 6.07 Å². The van der Waals surface area contributed by atoms with Crippen molar-refractivity contribution in [3.8, 4) is 0 Å². The number of hydrogen-bond donors (Lipinski definition) is 0. The number of carbonyl (C=O) groups excluding carboxylic acids is 1. The first-order valence-corrected chi connectivity index (χ1v) is 8.56. The van der Waals surface area contributed by atoms with Crippen molar-refractivity contribution in [3.63, 3.8) is 0 Å². The van der Waals surface area contributed by atoms with E-state index in [2.05, 4.69) is 0 Å². The van der Waals surface area contributed by atoms with Crippen LogP contribution in [0.1, 0.15) is 20.3 Å². The Morgan fingerprint density at radius 3 is 2.54 bits per heavy atom. The molecular weight excluding hydrogens is 311 g/mol. The fourth-order valence-corrected chi connectivity index (χ4v) is 3.46. The van der Waals surface area contributed by atoms with Crippen molar-refractivity contribution in [2.45, 2.75) is 32.0 Å². The SMILES string of the molecule is CC(C)OC1(C(=O)N2CCN(c3ccccc3F)CC2)CCOC1. The van der Waals surface area contributed by atoms with Crippen LogP contribution in [0.15, 0.2) is 24.3 Å². The van der Waals surface area contributed by atoms with Crippen LogP contribution in [0.25, 0.3) is 0 Å². The summed E-state index contributed by atoms with van der Waals surface area (Å²) < 4.78 is 25.3. The van der Waals surface area contributed by atoms with Crippen LogP contribution in [-0.4, -0.2) is 61.9 Å². The first-order chi connectivity index (χ1) is 11.5. The molecule has 0 radical (unpaired) electrons. The number of ether oxygens (including phenoxy) is 2. The van der Waals surface area contributed by atoms with Gasteiger partial charge in [0.1, 0.15) is 5.82 Å². The summed E-state index contributed by atoms with van der Waals surface area (Å²) in [5, 5.41) is 0. The van der Waals surface area contributed by atoms with E-state index < -0.39 is 5.60 Å². The zero-order valence-corrected chi connectivity index (χ0v) is 14.3. The summed E-state index contributed by atoms with van der Waals surface area (Å²) in [6, 6.07) is 6.76. The summed E-state index contributed by atoms with van der Waals surface area (Å²) in [6.07, 6.45) is 0.563. The van der Waals surface area contributed by atoms with E-state index in [1.54, 1.807) is 12.1 Å². The fraction of sp³-hybridized carbons (Fsp3) is 0.611. The Bertz CT molecular complexity index is 579. The smallest absolute Gasteiger partial charge is 0.257 e. The van der Waals surface area contributed by atoms with E-state index in [1.807, 2.05) is 29.7 Å². The van der Waals surface area contributed by atoms with Crippen LogP contribution in [0.2, 0.25) is 0 Å². The second-order valence-corrected chi connectivity index (χ2v) is 6.69. The molecule has 1 aromatic rings. The molecule has 0 N–H and O–H groups in total. The van der Waals surface area contributed by atoms with Gasteiger partial charge in [-0.15, -0.1) is 0 Å². The zero-order chi connectivity index (χ0) is 17.2. The molecule has 0 aromatic heterocycles. The molecule has 24 heavy (non-hydrogen) atoms. The minimum Gasteiger partial charge on any atom is -0.378 e. The number of amides is 1. The monoisotopic (exact) mass is 336 g/mol. The molecule has 0 spiro atoms. The van der Waals surface area contributed by atoms with Gasteiger partial charge < -0.3 is 19.3 Å². The number of nitrogens with zero attached hydrogens (tertiary/aromatic N) is 2. The van der Waals surface area contributed by atoms with Crippen molar-refractivity contribution >= 4 is 11.6 Å². The molecule has 0 aliphatic carbocycles. The Morgan fingerprint density at radius 1 is 1.25 bits per heavy atom. The van der Waals surface area contributed by atoms with Gasteiger partial charge in [-0.1, -0.05) is 12.1 Å². The van der Waals surface area contributed by atoms with Crippen molar-refractivity contribution < 1.29 is 18.7 Å². The summed E-state index contributed by atoms with van der Waals surface area (Å²) >= 11 is 0. The van der Waals surface area contributed by atoms with Crippen LogP contribution in [-0.2, 0) is 14.3 Å². The highest BCUT2D eigenvalue weighted by Gasteiger charge is 2.47. The van der Waals surface area contributed by atoms with Gasteiger partial charge >= 0.3 is 0 Å². The average Bonchev–Trinajstić information content (AvgIpc) is 3.04. The summed E-state index contributed by atoms with van der Waals surface area (Å²) in [5.41, 5.74) is -0.254. The van der Waals surface area contributed by atoms with Crippen LogP contribution < -0.4 is 4.90 Å². The molecule has 2 aliphatic heterocycles. The summed E-state index contributed by atoms with van der Waals surface area (Å²) in [7, 11) is 0. The summed E-state index contributed by atoms with van der Waals surface area (Å²) in [6.45, 7) is 7.10. The third-order valence-corrected chi connectivity index (χ3v) is 4.60. The first-order valence-electron chi connectivity index (χ1n) is 8.56. The topological polar surface area (TPSA) is 42.0 Å².